The summed E-state index contributed by atoms with van der Waals surface area (Å²) in [5.41, 5.74) is 4.47. The minimum atomic E-state index is -0.937. The second-order valence-corrected chi connectivity index (χ2v) is 5.83. The average molecular weight is 300 g/mol. The van der Waals surface area contributed by atoms with E-state index >= 15 is 0 Å². The smallest absolute Gasteiger partial charge is 0.335 e. The third kappa shape index (κ3) is 2.52. The molecule has 2 N–H and O–H groups in total. The molecule has 5 heteroatoms. The lowest BCUT2D eigenvalue weighted by Crippen LogP contribution is -2.00. The van der Waals surface area contributed by atoms with Crippen molar-refractivity contribution in [2.45, 2.75) is 11.5 Å². The number of carboxylic acid groups (broad SMARTS) is 2. The molecule has 0 fully saturated rings. The average Bonchev–Trinajstić information content (AvgIpc) is 2.64. The van der Waals surface area contributed by atoms with E-state index in [2.05, 4.69) is 0 Å². The van der Waals surface area contributed by atoms with E-state index in [0.29, 0.717) is 11.5 Å². The molecule has 0 radical (unpaired) electrons. The highest BCUT2D eigenvalue weighted by atomic mass is 32.2. The van der Waals surface area contributed by atoms with Crippen LogP contribution in [0, 0.1) is 0 Å². The van der Waals surface area contributed by atoms with Crippen LogP contribution in [-0.4, -0.2) is 22.2 Å². The van der Waals surface area contributed by atoms with Crippen molar-refractivity contribution in [3.05, 3.63) is 58.7 Å². The van der Waals surface area contributed by atoms with Crippen LogP contribution in [0.1, 0.15) is 31.8 Å². The summed E-state index contributed by atoms with van der Waals surface area (Å²) in [7, 11) is 0. The van der Waals surface area contributed by atoms with Crippen LogP contribution in [0.3, 0.4) is 0 Å². The molecule has 0 spiro atoms. The van der Waals surface area contributed by atoms with Crippen LogP contribution in [0.15, 0.2) is 36.4 Å². The molecule has 1 heterocycles. The van der Waals surface area contributed by atoms with Crippen molar-refractivity contribution in [3.63, 3.8) is 0 Å². The van der Waals surface area contributed by atoms with Gasteiger partial charge in [-0.2, -0.15) is 11.8 Å². The van der Waals surface area contributed by atoms with E-state index in [0.717, 1.165) is 22.3 Å². The van der Waals surface area contributed by atoms with E-state index in [9.17, 15) is 9.59 Å². The Hall–Kier alpha value is -2.27. The van der Waals surface area contributed by atoms with Crippen LogP contribution in [-0.2, 0) is 11.5 Å². The monoisotopic (exact) mass is 300 g/mol. The van der Waals surface area contributed by atoms with Crippen LogP contribution in [0.5, 0.6) is 0 Å². The van der Waals surface area contributed by atoms with Gasteiger partial charge < -0.3 is 10.2 Å². The van der Waals surface area contributed by atoms with Crippen LogP contribution >= 0.6 is 11.8 Å². The first-order chi connectivity index (χ1) is 10.1. The Morgan fingerprint density at radius 1 is 0.810 bits per heavy atom. The van der Waals surface area contributed by atoms with Gasteiger partial charge in [0.15, 0.2) is 0 Å². The quantitative estimate of drug-likeness (QED) is 0.888. The highest BCUT2D eigenvalue weighted by Crippen LogP contribution is 2.37. The van der Waals surface area contributed by atoms with Gasteiger partial charge in [0.05, 0.1) is 11.1 Å². The van der Waals surface area contributed by atoms with Crippen molar-refractivity contribution in [1.29, 1.82) is 0 Å². The molecule has 0 unspecified atom stereocenters. The van der Waals surface area contributed by atoms with E-state index in [1.807, 2.05) is 12.1 Å². The predicted molar refractivity (Wildman–Crippen MR) is 80.8 cm³/mol. The van der Waals surface area contributed by atoms with Gasteiger partial charge in [0.2, 0.25) is 0 Å². The molecule has 3 rings (SSSR count). The number of benzene rings is 2. The van der Waals surface area contributed by atoms with E-state index < -0.39 is 11.9 Å². The Balaban J connectivity index is 2.15. The van der Waals surface area contributed by atoms with Crippen molar-refractivity contribution in [1.82, 2.24) is 0 Å². The van der Waals surface area contributed by atoms with Gasteiger partial charge in [-0.15, -0.1) is 0 Å². The molecule has 0 saturated heterocycles. The van der Waals surface area contributed by atoms with Gasteiger partial charge in [-0.05, 0) is 46.5 Å². The minimum Gasteiger partial charge on any atom is -0.478 e. The maximum Gasteiger partial charge on any atom is 0.335 e. The van der Waals surface area contributed by atoms with Crippen molar-refractivity contribution in [3.8, 4) is 11.1 Å². The fourth-order valence-electron chi connectivity index (χ4n) is 2.49. The molecular weight excluding hydrogens is 288 g/mol. The summed E-state index contributed by atoms with van der Waals surface area (Å²) >= 11 is 1.66. The molecule has 21 heavy (non-hydrogen) atoms. The van der Waals surface area contributed by atoms with Crippen molar-refractivity contribution < 1.29 is 19.8 Å². The summed E-state index contributed by atoms with van der Waals surface area (Å²) in [6.45, 7) is 0. The topological polar surface area (TPSA) is 74.6 Å². The molecule has 1 aliphatic rings. The lowest BCUT2D eigenvalue weighted by molar-refractivity contribution is 0.0686. The maximum atomic E-state index is 11.1. The van der Waals surface area contributed by atoms with Gasteiger partial charge in [0.1, 0.15) is 0 Å². The van der Waals surface area contributed by atoms with Gasteiger partial charge >= 0.3 is 11.9 Å². The summed E-state index contributed by atoms with van der Waals surface area (Å²) in [4.78, 5) is 22.1. The van der Waals surface area contributed by atoms with E-state index in [1.165, 1.54) is 0 Å². The van der Waals surface area contributed by atoms with Gasteiger partial charge in [-0.1, -0.05) is 12.1 Å². The van der Waals surface area contributed by atoms with Crippen molar-refractivity contribution in [2.75, 3.05) is 0 Å². The number of hydrogen-bond donors (Lipinski definition) is 2. The number of thioether (sulfide) groups is 1. The zero-order valence-corrected chi connectivity index (χ0v) is 11.8. The van der Waals surface area contributed by atoms with E-state index in [-0.39, 0.29) is 11.1 Å². The second kappa shape index (κ2) is 5.26. The molecule has 0 bridgehead atoms. The number of aromatic carboxylic acids is 2. The minimum absolute atomic E-state index is 0.278. The van der Waals surface area contributed by atoms with E-state index in [4.69, 9.17) is 10.2 Å². The second-order valence-electron chi connectivity index (χ2n) is 4.85. The molecule has 0 amide bonds. The number of carbonyl (C=O) groups is 2. The molecule has 0 aromatic heterocycles. The Bertz CT molecular complexity index is 688. The van der Waals surface area contributed by atoms with Crippen LogP contribution < -0.4 is 0 Å². The molecule has 0 saturated carbocycles. The molecule has 1 aliphatic heterocycles. The van der Waals surface area contributed by atoms with Gasteiger partial charge in [0, 0.05) is 11.5 Å². The zero-order chi connectivity index (χ0) is 15.0. The van der Waals surface area contributed by atoms with Gasteiger partial charge in [-0.3, -0.25) is 0 Å². The highest BCUT2D eigenvalue weighted by molar-refractivity contribution is 7.97. The highest BCUT2D eigenvalue weighted by Gasteiger charge is 2.17. The summed E-state index contributed by atoms with van der Waals surface area (Å²) in [5, 5.41) is 18.2. The first kappa shape index (κ1) is 13.7. The maximum absolute atomic E-state index is 11.1. The lowest BCUT2D eigenvalue weighted by atomic mass is 9.94. The molecule has 0 atom stereocenters. The predicted octanol–water partition coefficient (Wildman–Crippen LogP) is 3.50. The molecule has 2 aromatic rings. The molecule has 4 nitrogen and oxygen atoms in total. The number of hydrogen-bond acceptors (Lipinski definition) is 3. The Kier molecular flexibility index (Phi) is 3.43. The Labute approximate surface area is 125 Å². The van der Waals surface area contributed by atoms with Crippen LogP contribution in [0.4, 0.5) is 0 Å². The fourth-order valence-corrected chi connectivity index (χ4v) is 3.51. The first-order valence-electron chi connectivity index (χ1n) is 6.37. The van der Waals surface area contributed by atoms with Crippen LogP contribution in [0.25, 0.3) is 11.1 Å². The summed E-state index contributed by atoms with van der Waals surface area (Å²) in [6.07, 6.45) is 0. The lowest BCUT2D eigenvalue weighted by Gasteiger charge is -2.10. The normalized spacial score (nSPS) is 13.0. The molecular formula is C16H12O4S. The van der Waals surface area contributed by atoms with Gasteiger partial charge in [0.25, 0.3) is 0 Å². The fraction of sp³-hybridized carbons (Fsp3) is 0.125. The van der Waals surface area contributed by atoms with Gasteiger partial charge in [-0.25, -0.2) is 9.59 Å². The summed E-state index contributed by atoms with van der Waals surface area (Å²) < 4.78 is 0. The summed E-state index contributed by atoms with van der Waals surface area (Å²) in [6, 6.07) is 10.2. The molecule has 2 aromatic carbocycles. The first-order valence-corrected chi connectivity index (χ1v) is 7.52. The van der Waals surface area contributed by atoms with Crippen LogP contribution in [0.2, 0.25) is 0 Å². The third-order valence-electron chi connectivity index (χ3n) is 3.51. The number of fused-ring (bicyclic) bond motifs is 3. The third-order valence-corrected chi connectivity index (χ3v) is 4.54. The number of rotatable bonds is 2. The Morgan fingerprint density at radius 2 is 1.24 bits per heavy atom. The van der Waals surface area contributed by atoms with Crippen molar-refractivity contribution >= 4 is 23.7 Å². The standard InChI is InChI=1S/C16H12O4S/c17-15(18)9-1-3-13-11(5-9)7-21-8-12-6-10(16(19)20)2-4-14(12)13/h1-6H,7-8H2,(H,17,18)(H,19,20). The van der Waals surface area contributed by atoms with Crippen molar-refractivity contribution in [2.24, 2.45) is 0 Å². The number of carboxylic acids is 2. The SMILES string of the molecule is O=C(O)c1ccc2c(c1)CSCc1cc(C(=O)O)ccc1-2. The largest absolute Gasteiger partial charge is 0.478 e. The van der Waals surface area contributed by atoms with E-state index in [1.54, 1.807) is 36.0 Å². The summed E-state index contributed by atoms with van der Waals surface area (Å²) in [5.74, 6) is -0.442. The Morgan fingerprint density at radius 3 is 1.62 bits per heavy atom. The molecule has 0 aliphatic carbocycles. The zero-order valence-electron chi connectivity index (χ0n) is 11.0. The molecule has 106 valence electrons.